The predicted octanol–water partition coefficient (Wildman–Crippen LogP) is 2.22. The summed E-state index contributed by atoms with van der Waals surface area (Å²) in [6.45, 7) is 2.80. The fourth-order valence-electron chi connectivity index (χ4n) is 2.86. The van der Waals surface area contributed by atoms with Crippen LogP contribution in [0.4, 0.5) is 0 Å². The quantitative estimate of drug-likeness (QED) is 0.788. The summed E-state index contributed by atoms with van der Waals surface area (Å²) in [6, 6.07) is 7.92. The molecule has 3 rings (SSSR count). The fraction of sp³-hybridized carbons (Fsp3) is 0.333. The van der Waals surface area contributed by atoms with Crippen LogP contribution < -0.4 is 0 Å². The first-order valence-electron chi connectivity index (χ1n) is 6.54. The molecule has 1 fully saturated rings. The predicted molar refractivity (Wildman–Crippen MR) is 72.0 cm³/mol. The Hall–Kier alpha value is -2.12. The maximum absolute atomic E-state index is 11.4. The third-order valence-corrected chi connectivity index (χ3v) is 3.79. The highest BCUT2D eigenvalue weighted by Crippen LogP contribution is 2.24. The molecule has 1 saturated heterocycles. The first kappa shape index (κ1) is 11.9. The highest BCUT2D eigenvalue weighted by Gasteiger charge is 2.21. The minimum atomic E-state index is 0.610. The van der Waals surface area contributed by atoms with Crippen LogP contribution in [0.3, 0.4) is 0 Å². The first-order chi connectivity index (χ1) is 9.35. The van der Waals surface area contributed by atoms with Crippen LogP contribution in [0.25, 0.3) is 5.52 Å². The second-order valence-electron chi connectivity index (χ2n) is 4.91. The van der Waals surface area contributed by atoms with Crippen LogP contribution in [-0.2, 0) is 6.54 Å². The lowest BCUT2D eigenvalue weighted by atomic mass is 10.1. The lowest BCUT2D eigenvalue weighted by Crippen LogP contribution is -2.19. The van der Waals surface area contributed by atoms with Crippen LogP contribution in [0.15, 0.2) is 24.4 Å². The van der Waals surface area contributed by atoms with E-state index >= 15 is 0 Å². The summed E-state index contributed by atoms with van der Waals surface area (Å²) in [7, 11) is 0. The maximum Gasteiger partial charge on any atom is 0.167 e. The summed E-state index contributed by atoms with van der Waals surface area (Å²) in [6.07, 6.45) is 5.10. The molecule has 4 nitrogen and oxygen atoms in total. The number of pyridine rings is 1. The van der Waals surface area contributed by atoms with E-state index in [0.29, 0.717) is 17.8 Å². The van der Waals surface area contributed by atoms with E-state index in [1.165, 1.54) is 12.8 Å². The number of nitriles is 1. The zero-order valence-corrected chi connectivity index (χ0v) is 10.7. The number of fused-ring (bicyclic) bond motifs is 1. The van der Waals surface area contributed by atoms with Gasteiger partial charge in [0, 0.05) is 18.3 Å². The van der Waals surface area contributed by atoms with Gasteiger partial charge in [-0.3, -0.25) is 9.69 Å². The van der Waals surface area contributed by atoms with Crippen LogP contribution in [0.2, 0.25) is 0 Å². The van der Waals surface area contributed by atoms with Crippen molar-refractivity contribution in [2.75, 3.05) is 13.1 Å². The second kappa shape index (κ2) is 4.87. The summed E-state index contributed by atoms with van der Waals surface area (Å²) in [5.41, 5.74) is 2.93. The van der Waals surface area contributed by atoms with Gasteiger partial charge in [0.1, 0.15) is 6.07 Å². The Morgan fingerprint density at radius 2 is 2.11 bits per heavy atom. The SMILES string of the molecule is N#Cc1c(CN2CCCC2)c(C=O)n2ccccc12. The van der Waals surface area contributed by atoms with Gasteiger partial charge in [-0.25, -0.2) is 0 Å². The number of hydrogen-bond acceptors (Lipinski definition) is 3. The molecule has 4 heteroatoms. The number of rotatable bonds is 3. The van der Waals surface area contributed by atoms with Crippen molar-refractivity contribution in [1.29, 1.82) is 5.26 Å². The normalized spacial score (nSPS) is 15.7. The van der Waals surface area contributed by atoms with Crippen LogP contribution in [0.5, 0.6) is 0 Å². The summed E-state index contributed by atoms with van der Waals surface area (Å²) in [5, 5.41) is 9.40. The molecule has 1 aliphatic heterocycles. The van der Waals surface area contributed by atoms with E-state index in [9.17, 15) is 10.1 Å². The van der Waals surface area contributed by atoms with E-state index in [4.69, 9.17) is 0 Å². The standard InChI is InChI=1S/C15H15N3O/c16-9-12-13(10-17-6-3-4-7-17)15(11-19)18-8-2-1-5-14(12)18/h1-2,5,8,11H,3-4,6-7,10H2. The lowest BCUT2D eigenvalue weighted by Gasteiger charge is -2.14. The molecular formula is C15H15N3O. The topological polar surface area (TPSA) is 48.5 Å². The molecule has 0 atom stereocenters. The summed E-state index contributed by atoms with van der Waals surface area (Å²) in [5.74, 6) is 0. The third kappa shape index (κ3) is 1.92. The molecule has 0 N–H and O–H groups in total. The number of nitrogens with zero attached hydrogens (tertiary/aromatic N) is 3. The van der Waals surface area contributed by atoms with Gasteiger partial charge < -0.3 is 4.40 Å². The van der Waals surface area contributed by atoms with E-state index in [1.54, 1.807) is 0 Å². The smallest absolute Gasteiger partial charge is 0.167 e. The molecule has 0 amide bonds. The van der Waals surface area contributed by atoms with Gasteiger partial charge in [0.15, 0.2) is 6.29 Å². The molecule has 2 aromatic rings. The minimum Gasteiger partial charge on any atom is -0.313 e. The number of carbonyl (C=O) groups excluding carboxylic acids is 1. The van der Waals surface area contributed by atoms with Crippen LogP contribution in [0, 0.1) is 11.3 Å². The number of aromatic nitrogens is 1. The minimum absolute atomic E-state index is 0.610. The highest BCUT2D eigenvalue weighted by atomic mass is 16.1. The Labute approximate surface area is 111 Å². The van der Waals surface area contributed by atoms with E-state index in [0.717, 1.165) is 30.5 Å². The molecule has 3 heterocycles. The molecule has 0 aliphatic carbocycles. The van der Waals surface area contributed by atoms with E-state index in [-0.39, 0.29) is 0 Å². The Bertz CT molecular complexity index is 660. The molecule has 0 saturated carbocycles. The van der Waals surface area contributed by atoms with Crippen molar-refractivity contribution in [3.05, 3.63) is 41.2 Å². The molecule has 96 valence electrons. The Kier molecular flexibility index (Phi) is 3.06. The summed E-state index contributed by atoms with van der Waals surface area (Å²) < 4.78 is 1.82. The van der Waals surface area contributed by atoms with E-state index < -0.39 is 0 Å². The fourth-order valence-corrected chi connectivity index (χ4v) is 2.86. The van der Waals surface area contributed by atoms with E-state index in [2.05, 4.69) is 11.0 Å². The van der Waals surface area contributed by atoms with Crippen molar-refractivity contribution in [3.8, 4) is 6.07 Å². The van der Waals surface area contributed by atoms with Gasteiger partial charge >= 0.3 is 0 Å². The van der Waals surface area contributed by atoms with Crippen molar-refractivity contribution in [2.45, 2.75) is 19.4 Å². The van der Waals surface area contributed by atoms with Gasteiger partial charge in [-0.2, -0.15) is 5.26 Å². The average Bonchev–Trinajstić information content (AvgIpc) is 3.04. The van der Waals surface area contributed by atoms with Crippen molar-refractivity contribution in [1.82, 2.24) is 9.30 Å². The monoisotopic (exact) mass is 253 g/mol. The molecule has 0 spiro atoms. The van der Waals surface area contributed by atoms with Gasteiger partial charge in [-0.05, 0) is 38.1 Å². The van der Waals surface area contributed by atoms with Crippen LogP contribution in [-0.4, -0.2) is 28.7 Å². The molecule has 0 bridgehead atoms. The number of likely N-dealkylation sites (tertiary alicyclic amines) is 1. The number of hydrogen-bond donors (Lipinski definition) is 0. The van der Waals surface area contributed by atoms with Gasteiger partial charge in [0.05, 0.1) is 16.8 Å². The number of carbonyl (C=O) groups is 1. The second-order valence-corrected chi connectivity index (χ2v) is 4.91. The molecule has 0 unspecified atom stereocenters. The molecule has 0 aromatic carbocycles. The zero-order valence-electron chi connectivity index (χ0n) is 10.7. The Balaban J connectivity index is 2.15. The molecule has 1 aliphatic rings. The zero-order chi connectivity index (χ0) is 13.2. The van der Waals surface area contributed by atoms with Crippen LogP contribution in [0.1, 0.15) is 34.5 Å². The third-order valence-electron chi connectivity index (χ3n) is 3.79. The Morgan fingerprint density at radius 3 is 2.79 bits per heavy atom. The van der Waals surface area contributed by atoms with E-state index in [1.807, 2.05) is 28.8 Å². The van der Waals surface area contributed by atoms with Gasteiger partial charge in [0.25, 0.3) is 0 Å². The molecule has 0 radical (unpaired) electrons. The van der Waals surface area contributed by atoms with Gasteiger partial charge in [-0.15, -0.1) is 0 Å². The summed E-state index contributed by atoms with van der Waals surface area (Å²) in [4.78, 5) is 13.7. The highest BCUT2D eigenvalue weighted by molar-refractivity contribution is 5.83. The van der Waals surface area contributed by atoms with Gasteiger partial charge in [0.2, 0.25) is 0 Å². The van der Waals surface area contributed by atoms with Crippen molar-refractivity contribution in [3.63, 3.8) is 0 Å². The number of aldehydes is 1. The summed E-state index contributed by atoms with van der Waals surface area (Å²) >= 11 is 0. The van der Waals surface area contributed by atoms with Crippen LogP contribution >= 0.6 is 0 Å². The van der Waals surface area contributed by atoms with Crippen molar-refractivity contribution >= 4 is 11.8 Å². The molecular weight excluding hydrogens is 238 g/mol. The first-order valence-corrected chi connectivity index (χ1v) is 6.54. The van der Waals surface area contributed by atoms with Crippen molar-refractivity contribution in [2.24, 2.45) is 0 Å². The van der Waals surface area contributed by atoms with Crippen molar-refractivity contribution < 1.29 is 4.79 Å². The molecule has 2 aromatic heterocycles. The largest absolute Gasteiger partial charge is 0.313 e. The maximum atomic E-state index is 11.4. The lowest BCUT2D eigenvalue weighted by molar-refractivity contribution is 0.111. The molecule has 19 heavy (non-hydrogen) atoms. The van der Waals surface area contributed by atoms with Gasteiger partial charge in [-0.1, -0.05) is 6.07 Å². The average molecular weight is 253 g/mol. The Morgan fingerprint density at radius 1 is 1.32 bits per heavy atom.